The minimum Gasteiger partial charge on any atom is -0.457 e. The predicted octanol–water partition coefficient (Wildman–Crippen LogP) is 2.50. The summed E-state index contributed by atoms with van der Waals surface area (Å²) in [5.74, 6) is -0.631. The van der Waals surface area contributed by atoms with Crippen molar-refractivity contribution in [3.8, 4) is 0 Å². The van der Waals surface area contributed by atoms with Gasteiger partial charge in [-0.1, -0.05) is 15.9 Å². The largest absolute Gasteiger partial charge is 0.457 e. The molecule has 0 radical (unpaired) electrons. The molecule has 0 bridgehead atoms. The van der Waals surface area contributed by atoms with Crippen molar-refractivity contribution in [1.82, 2.24) is 0 Å². The zero-order valence-electron chi connectivity index (χ0n) is 8.54. The SMILES string of the molecule is CC(=O)OCC(=O)c1ccc(Br)cc1C. The van der Waals surface area contributed by atoms with Crippen molar-refractivity contribution in [2.75, 3.05) is 6.61 Å². The normalized spacial score (nSPS) is 9.80. The van der Waals surface area contributed by atoms with Crippen LogP contribution >= 0.6 is 15.9 Å². The van der Waals surface area contributed by atoms with Crippen LogP contribution in [-0.2, 0) is 9.53 Å². The molecule has 0 aromatic heterocycles. The van der Waals surface area contributed by atoms with E-state index in [2.05, 4.69) is 20.7 Å². The average Bonchev–Trinajstić information content (AvgIpc) is 2.14. The molecule has 15 heavy (non-hydrogen) atoms. The number of hydrogen-bond acceptors (Lipinski definition) is 3. The highest BCUT2D eigenvalue weighted by Gasteiger charge is 2.10. The fourth-order valence-corrected chi connectivity index (χ4v) is 1.66. The smallest absolute Gasteiger partial charge is 0.303 e. The van der Waals surface area contributed by atoms with Gasteiger partial charge < -0.3 is 4.74 Å². The Bertz CT molecular complexity index is 399. The van der Waals surface area contributed by atoms with Crippen molar-refractivity contribution >= 4 is 27.7 Å². The van der Waals surface area contributed by atoms with Crippen LogP contribution in [0, 0.1) is 6.92 Å². The number of Topliss-reactive ketones (excluding diaryl/α,β-unsaturated/α-hetero) is 1. The van der Waals surface area contributed by atoms with Gasteiger partial charge in [-0.15, -0.1) is 0 Å². The van der Waals surface area contributed by atoms with Crippen LogP contribution < -0.4 is 0 Å². The first-order valence-electron chi connectivity index (χ1n) is 4.43. The lowest BCUT2D eigenvalue weighted by atomic mass is 10.1. The van der Waals surface area contributed by atoms with Gasteiger partial charge in [-0.25, -0.2) is 0 Å². The zero-order valence-corrected chi connectivity index (χ0v) is 10.1. The van der Waals surface area contributed by atoms with E-state index in [1.807, 2.05) is 13.0 Å². The van der Waals surface area contributed by atoms with Crippen LogP contribution in [0.5, 0.6) is 0 Å². The maximum Gasteiger partial charge on any atom is 0.303 e. The molecule has 1 aromatic rings. The third-order valence-electron chi connectivity index (χ3n) is 1.90. The Labute approximate surface area is 96.6 Å². The molecule has 0 saturated heterocycles. The maximum absolute atomic E-state index is 11.6. The van der Waals surface area contributed by atoms with E-state index in [1.165, 1.54) is 6.92 Å². The first kappa shape index (κ1) is 11.9. The summed E-state index contributed by atoms with van der Waals surface area (Å²) in [7, 11) is 0. The van der Waals surface area contributed by atoms with Crippen LogP contribution in [0.2, 0.25) is 0 Å². The van der Waals surface area contributed by atoms with E-state index in [1.54, 1.807) is 12.1 Å². The molecule has 1 rings (SSSR count). The highest BCUT2D eigenvalue weighted by Crippen LogP contribution is 2.16. The Morgan fingerprint density at radius 3 is 2.60 bits per heavy atom. The molecule has 0 heterocycles. The summed E-state index contributed by atoms with van der Waals surface area (Å²) in [5.41, 5.74) is 1.45. The second kappa shape index (κ2) is 5.07. The van der Waals surface area contributed by atoms with E-state index in [4.69, 9.17) is 0 Å². The van der Waals surface area contributed by atoms with Gasteiger partial charge in [-0.05, 0) is 30.7 Å². The van der Waals surface area contributed by atoms with Gasteiger partial charge in [0.25, 0.3) is 0 Å². The second-order valence-electron chi connectivity index (χ2n) is 3.16. The number of carbonyl (C=O) groups excluding carboxylic acids is 2. The third-order valence-corrected chi connectivity index (χ3v) is 2.39. The van der Waals surface area contributed by atoms with Gasteiger partial charge in [0.1, 0.15) is 0 Å². The number of esters is 1. The van der Waals surface area contributed by atoms with Gasteiger partial charge in [0.15, 0.2) is 6.61 Å². The van der Waals surface area contributed by atoms with Gasteiger partial charge in [0, 0.05) is 17.0 Å². The number of rotatable bonds is 3. The quantitative estimate of drug-likeness (QED) is 0.626. The van der Waals surface area contributed by atoms with E-state index < -0.39 is 5.97 Å². The molecule has 0 saturated carbocycles. The van der Waals surface area contributed by atoms with Crippen molar-refractivity contribution in [3.63, 3.8) is 0 Å². The third kappa shape index (κ3) is 3.47. The van der Waals surface area contributed by atoms with E-state index in [0.29, 0.717) is 5.56 Å². The number of halogens is 1. The molecule has 1 aromatic carbocycles. The Morgan fingerprint density at radius 1 is 1.40 bits per heavy atom. The Balaban J connectivity index is 2.78. The molecular weight excluding hydrogens is 260 g/mol. The lowest BCUT2D eigenvalue weighted by molar-refractivity contribution is -0.139. The van der Waals surface area contributed by atoms with Gasteiger partial charge in [0.05, 0.1) is 0 Å². The van der Waals surface area contributed by atoms with Crippen LogP contribution in [0.25, 0.3) is 0 Å². The minimum atomic E-state index is -0.446. The average molecular weight is 271 g/mol. The topological polar surface area (TPSA) is 43.4 Å². The summed E-state index contributed by atoms with van der Waals surface area (Å²) >= 11 is 3.31. The van der Waals surface area contributed by atoms with Crippen LogP contribution in [0.4, 0.5) is 0 Å². The van der Waals surface area contributed by atoms with Crippen LogP contribution in [0.3, 0.4) is 0 Å². The van der Waals surface area contributed by atoms with Gasteiger partial charge in [-0.3, -0.25) is 9.59 Å². The summed E-state index contributed by atoms with van der Waals surface area (Å²) < 4.78 is 5.56. The van der Waals surface area contributed by atoms with Gasteiger partial charge in [-0.2, -0.15) is 0 Å². The summed E-state index contributed by atoms with van der Waals surface area (Å²) in [6.45, 7) is 2.92. The fraction of sp³-hybridized carbons (Fsp3) is 0.273. The van der Waals surface area contributed by atoms with E-state index >= 15 is 0 Å². The number of ether oxygens (including phenoxy) is 1. The minimum absolute atomic E-state index is 0.185. The predicted molar refractivity (Wildman–Crippen MR) is 59.8 cm³/mol. The molecule has 0 aliphatic rings. The highest BCUT2D eigenvalue weighted by molar-refractivity contribution is 9.10. The molecule has 0 N–H and O–H groups in total. The van der Waals surface area contributed by atoms with Gasteiger partial charge >= 0.3 is 5.97 Å². The number of carbonyl (C=O) groups is 2. The number of hydrogen-bond donors (Lipinski definition) is 0. The Hall–Kier alpha value is -1.16. The molecule has 0 spiro atoms. The van der Waals surface area contributed by atoms with Crippen molar-refractivity contribution in [1.29, 1.82) is 0 Å². The van der Waals surface area contributed by atoms with Crippen LogP contribution in [0.15, 0.2) is 22.7 Å². The fourth-order valence-electron chi connectivity index (χ4n) is 1.18. The lowest BCUT2D eigenvalue weighted by Gasteiger charge is -2.05. The van der Waals surface area contributed by atoms with E-state index in [-0.39, 0.29) is 12.4 Å². The monoisotopic (exact) mass is 270 g/mol. The van der Waals surface area contributed by atoms with Gasteiger partial charge in [0.2, 0.25) is 5.78 Å². The molecule has 4 heteroatoms. The summed E-state index contributed by atoms with van der Waals surface area (Å²) in [6, 6.07) is 5.35. The first-order valence-corrected chi connectivity index (χ1v) is 5.22. The number of benzene rings is 1. The summed E-state index contributed by atoms with van der Waals surface area (Å²) in [5, 5.41) is 0. The van der Waals surface area contributed by atoms with Crippen LogP contribution in [0.1, 0.15) is 22.8 Å². The Kier molecular flexibility index (Phi) is 4.03. The van der Waals surface area contributed by atoms with Crippen molar-refractivity contribution in [2.45, 2.75) is 13.8 Å². The molecule has 3 nitrogen and oxygen atoms in total. The maximum atomic E-state index is 11.6. The Morgan fingerprint density at radius 2 is 2.07 bits per heavy atom. The summed E-state index contributed by atoms with van der Waals surface area (Å²) in [6.07, 6.45) is 0. The van der Waals surface area contributed by atoms with Crippen molar-refractivity contribution < 1.29 is 14.3 Å². The molecule has 0 atom stereocenters. The number of ketones is 1. The van der Waals surface area contributed by atoms with Crippen molar-refractivity contribution in [3.05, 3.63) is 33.8 Å². The molecular formula is C11H11BrO3. The molecule has 0 unspecified atom stereocenters. The zero-order chi connectivity index (χ0) is 11.4. The van der Waals surface area contributed by atoms with E-state index in [9.17, 15) is 9.59 Å². The first-order chi connectivity index (χ1) is 7.00. The highest BCUT2D eigenvalue weighted by atomic mass is 79.9. The molecule has 0 fully saturated rings. The molecule has 0 amide bonds. The lowest BCUT2D eigenvalue weighted by Crippen LogP contribution is -2.12. The van der Waals surface area contributed by atoms with Crippen molar-refractivity contribution in [2.24, 2.45) is 0 Å². The molecule has 80 valence electrons. The second-order valence-corrected chi connectivity index (χ2v) is 4.08. The summed E-state index contributed by atoms with van der Waals surface area (Å²) in [4.78, 5) is 22.1. The molecule has 0 aliphatic carbocycles. The van der Waals surface area contributed by atoms with Crippen LogP contribution in [-0.4, -0.2) is 18.4 Å². The number of aryl methyl sites for hydroxylation is 1. The molecule has 0 aliphatic heterocycles. The standard InChI is InChI=1S/C11H11BrO3/c1-7-5-9(12)3-4-10(7)11(14)6-15-8(2)13/h3-5H,6H2,1-2H3. The van der Waals surface area contributed by atoms with E-state index in [0.717, 1.165) is 10.0 Å².